The van der Waals surface area contributed by atoms with Gasteiger partial charge in [-0.3, -0.25) is 81.5 Å². The van der Waals surface area contributed by atoms with Crippen molar-refractivity contribution in [2.24, 2.45) is 17.4 Å². The summed E-state index contributed by atoms with van der Waals surface area (Å²) in [6.07, 6.45) is 6.63. The smallest absolute Gasteiger partial charge is 0.246 e. The number of nitrogens with two attached hydrogens (primary N) is 2. The Labute approximate surface area is 774 Å². The molecular weight excluding hydrogens is 1740 g/mol. The molecule has 133 heavy (non-hydrogen) atoms. The second-order valence-corrected chi connectivity index (χ2v) is 35.4. The van der Waals surface area contributed by atoms with Crippen LogP contribution in [-0.2, 0) is 107 Å². The van der Waals surface area contributed by atoms with Crippen LogP contribution < -0.4 is 64.6 Å². The van der Waals surface area contributed by atoms with Gasteiger partial charge in [0.25, 0.3) is 0 Å². The Bertz CT molecular complexity index is 5180. The molecule has 0 saturated carbocycles. The fraction of sp³-hybridized carbons (Fsp3) is 0.500. The van der Waals surface area contributed by atoms with Gasteiger partial charge in [-0.05, 0) is 98.7 Å². The number of primary amides is 2. The van der Waals surface area contributed by atoms with Gasteiger partial charge in [-0.2, -0.15) is 0 Å². The number of fused-ring (bicyclic) bond motifs is 4. The number of carbonyl (C=O) groups excluding carboxylic acids is 17. The molecule has 17 amide bonds. The minimum atomic E-state index is -1.77. The summed E-state index contributed by atoms with van der Waals surface area (Å²) in [4.78, 5) is 269. The molecule has 0 aliphatic carbocycles. The van der Waals surface area contributed by atoms with E-state index in [-0.39, 0.29) is 95.3 Å². The number of carbonyl (C=O) groups is 17. The second-order valence-electron chi connectivity index (χ2n) is 34.4. The van der Waals surface area contributed by atoms with E-state index >= 15 is 38.4 Å². The SMILES string of the molecule is C=CC[C@@H]1NC(=O)[C@H](Cc2c[nH]c3ccccc23)NC(=O)[C@@H]2C[C@@H](O)CN2C(=O)[C@H](CC(C)C)NC(=O)[C@H](Cc2cnc[nH]2)NC(=O)C2CCCN2C(=O)[C@H](CC(N)=O)NC(=O)[C@H](C)N(C)C(=O)[C@H](Cc2ccc(O)cc2)NC(=O)CSC[C@@H](C(=O)NCC(N)=O)NC(=O)[C@H](CC=C)NC(=O)[C@H](CCCC)N(C)C(=O)[C@H](CCCC)N(C)C(=O)[C@H](Cc2c[nH]c3ccccc23)NC1=O. The number of rotatable bonds is 25. The lowest BCUT2D eigenvalue weighted by atomic mass is 9.99. The topological polar surface area (TPSA) is 579 Å². The van der Waals surface area contributed by atoms with E-state index in [0.29, 0.717) is 69.9 Å². The number of nitrogens with one attached hydrogen (secondary N) is 13. The van der Waals surface area contributed by atoms with Crippen molar-refractivity contribution in [3.8, 4) is 5.75 Å². The number of hydrogen-bond acceptors (Lipinski definition) is 21. The standard InChI is InChI=1S/C92H125N21O19S/c1-11-15-28-72-85(125)102-64(23-14-4)82(122)108-71(80(120)98-46-77(94)117)48-133-49-78(118)100-68(37-53-31-33-57(114)34-32-53)88(128)109(8)52(7)79(119)105-70(42-76(93)116)90(130)112-35-21-30-73(112)86(126)104-66(40-56-45-95-50-99-56)84(124)106-67(36-51(5)6)91(131)113-47-58(115)41-75(113)87(127)103-65(38-54-43-96-61-26-19-17-24-59(54)61)83(123)101-63(22-13-3)81(121)107-69(39-55-44-97-62-27-20-18-25-60(55)62)89(129)111(10)74(29-16-12-2)92(132)110(72)9/h13-14,17-20,24-27,31-34,43-45,50-52,58,63-75,96-97,114-115H,3-4,11-12,15-16,21-23,28-30,35-42,46-49H2,1-2,5-10H3,(H2,93,116)(H2,94,117)(H,95,99)(H,98,120)(H,100,118)(H,101,123)(H,102,125)(H,103,127)(H,104,126)(H,105,119)(H,106,124)(H,107,121)(H,108,122)/t52-,58+,63-,64-,65-,66-,67-,68-,69-,70-,71-,72-,73?,74-,75-/m0/s1. The average Bonchev–Trinajstić information content (AvgIpc) is 1.66. The Morgan fingerprint density at radius 2 is 1.07 bits per heavy atom. The number of aliphatic hydroxyl groups is 1. The van der Waals surface area contributed by atoms with Gasteiger partial charge in [0.2, 0.25) is 100 Å². The fourth-order valence-corrected chi connectivity index (χ4v) is 17.5. The largest absolute Gasteiger partial charge is 0.508 e. The lowest BCUT2D eigenvalue weighted by molar-refractivity contribution is -0.149. The average molecular weight is 1860 g/mol. The van der Waals surface area contributed by atoms with Gasteiger partial charge in [0, 0.05) is 118 Å². The maximum absolute atomic E-state index is 15.8. The summed E-state index contributed by atoms with van der Waals surface area (Å²) < 4.78 is 0. The number of phenolic OH excluding ortho intramolecular Hbond substituents is 1. The van der Waals surface area contributed by atoms with Gasteiger partial charge in [0.1, 0.15) is 90.3 Å². The maximum atomic E-state index is 15.8. The van der Waals surface area contributed by atoms with E-state index in [4.69, 9.17) is 11.5 Å². The second kappa shape index (κ2) is 49.1. The number of likely N-dealkylation sites (N-methyl/N-ethyl adjacent to an activating group) is 3. The summed E-state index contributed by atoms with van der Waals surface area (Å²) in [5.74, 6) is -16.8. The quantitative estimate of drug-likeness (QED) is 0.0335. The van der Waals surface area contributed by atoms with Crippen LogP contribution in [0.4, 0.5) is 0 Å². The predicted octanol–water partition coefficient (Wildman–Crippen LogP) is -0.0322. The molecule has 3 aromatic carbocycles. The van der Waals surface area contributed by atoms with Crippen LogP contribution in [-0.4, -0.2) is 298 Å². The number of amides is 17. The fourth-order valence-electron chi connectivity index (χ4n) is 16.6. The molecule has 3 aliphatic rings. The third-order valence-electron chi connectivity index (χ3n) is 24.0. The van der Waals surface area contributed by atoms with Crippen molar-refractivity contribution < 1.29 is 91.7 Å². The van der Waals surface area contributed by atoms with Crippen LogP contribution >= 0.6 is 11.8 Å². The van der Waals surface area contributed by atoms with E-state index in [1.54, 1.807) is 62.6 Å². The molecule has 718 valence electrons. The number of thioether (sulfide) groups is 1. The Hall–Kier alpha value is -13.5. The van der Waals surface area contributed by atoms with Gasteiger partial charge < -0.3 is 114 Å². The number of nitrogens with zero attached hydrogens (tertiary/aromatic N) is 6. The highest BCUT2D eigenvalue weighted by molar-refractivity contribution is 8.00. The first-order chi connectivity index (χ1) is 63.4. The Kier molecular flexibility index (Phi) is 38.2. The number of phenols is 1. The zero-order valence-electron chi connectivity index (χ0n) is 76.2. The number of para-hydroxylation sites is 2. The molecule has 6 heterocycles. The summed E-state index contributed by atoms with van der Waals surface area (Å²) >= 11 is 0.783. The highest BCUT2D eigenvalue weighted by Crippen LogP contribution is 2.28. The summed E-state index contributed by atoms with van der Waals surface area (Å²) in [7, 11) is 3.99. The number of benzene rings is 3. The number of aliphatic hydroxyl groups excluding tert-OH is 1. The van der Waals surface area contributed by atoms with Gasteiger partial charge >= 0.3 is 0 Å². The van der Waals surface area contributed by atoms with E-state index < -0.39 is 222 Å². The normalized spacial score (nSPS) is 24.9. The Morgan fingerprint density at radius 1 is 0.556 bits per heavy atom. The number of imidazole rings is 1. The minimum absolute atomic E-state index is 0.00528. The molecule has 0 spiro atoms. The van der Waals surface area contributed by atoms with E-state index in [0.717, 1.165) is 26.5 Å². The van der Waals surface area contributed by atoms with Crippen molar-refractivity contribution in [2.45, 2.75) is 234 Å². The van der Waals surface area contributed by atoms with Crippen molar-refractivity contribution in [1.82, 2.24) is 97.6 Å². The monoisotopic (exact) mass is 1860 g/mol. The predicted molar refractivity (Wildman–Crippen MR) is 493 cm³/mol. The maximum Gasteiger partial charge on any atom is 0.246 e. The Balaban J connectivity index is 1.10. The zero-order chi connectivity index (χ0) is 97.0. The summed E-state index contributed by atoms with van der Waals surface area (Å²) in [6, 6.07) is -1.08. The summed E-state index contributed by atoms with van der Waals surface area (Å²) in [5.41, 5.74) is 14.3. The minimum Gasteiger partial charge on any atom is -0.508 e. The van der Waals surface area contributed by atoms with Crippen LogP contribution in [0.25, 0.3) is 21.8 Å². The van der Waals surface area contributed by atoms with Crippen molar-refractivity contribution in [3.63, 3.8) is 0 Å². The molecule has 0 bridgehead atoms. The number of aromatic hydroxyl groups is 1. The van der Waals surface area contributed by atoms with Crippen molar-refractivity contribution in [1.29, 1.82) is 0 Å². The summed E-state index contributed by atoms with van der Waals surface area (Å²) in [5, 5.41) is 49.9. The van der Waals surface area contributed by atoms with Crippen LogP contribution in [0, 0.1) is 5.92 Å². The molecule has 1 unspecified atom stereocenters. The molecule has 3 aliphatic heterocycles. The van der Waals surface area contributed by atoms with Crippen molar-refractivity contribution in [3.05, 3.63) is 145 Å². The van der Waals surface area contributed by atoms with Crippen molar-refractivity contribution in [2.75, 3.05) is 52.3 Å². The Morgan fingerprint density at radius 3 is 1.65 bits per heavy atom. The lowest BCUT2D eigenvalue weighted by Crippen LogP contribution is -2.61. The van der Waals surface area contributed by atoms with Crippen LogP contribution in [0.2, 0.25) is 0 Å². The van der Waals surface area contributed by atoms with Crippen LogP contribution in [0.3, 0.4) is 0 Å². The highest BCUT2D eigenvalue weighted by Gasteiger charge is 2.47. The van der Waals surface area contributed by atoms with Gasteiger partial charge in [0.05, 0.1) is 31.1 Å². The molecule has 0 radical (unpaired) electrons. The van der Waals surface area contributed by atoms with Gasteiger partial charge in [-0.25, -0.2) is 4.98 Å². The molecule has 6 aromatic rings. The number of unbranched alkanes of at least 4 members (excludes halogenated alkanes) is 2. The van der Waals surface area contributed by atoms with Gasteiger partial charge in [-0.1, -0.05) is 114 Å². The van der Waals surface area contributed by atoms with Crippen LogP contribution in [0.5, 0.6) is 5.75 Å². The summed E-state index contributed by atoms with van der Waals surface area (Å²) in [6.45, 7) is 15.0. The third kappa shape index (κ3) is 28.3. The number of hydrogen-bond donors (Lipinski definition) is 17. The molecule has 3 fully saturated rings. The third-order valence-corrected chi connectivity index (χ3v) is 25.0. The van der Waals surface area contributed by atoms with Crippen LogP contribution in [0.1, 0.15) is 140 Å². The first-order valence-electron chi connectivity index (χ1n) is 44.7. The number of aromatic nitrogens is 4. The van der Waals surface area contributed by atoms with Gasteiger partial charge in [-0.15, -0.1) is 24.9 Å². The highest BCUT2D eigenvalue weighted by atomic mass is 32.2. The molecule has 40 nitrogen and oxygen atoms in total. The molecule has 41 heteroatoms. The number of aromatic amines is 3. The van der Waals surface area contributed by atoms with Gasteiger partial charge in [0.15, 0.2) is 0 Å². The molecule has 19 N–H and O–H groups in total. The van der Waals surface area contributed by atoms with Crippen molar-refractivity contribution >= 4 is 134 Å². The van der Waals surface area contributed by atoms with E-state index in [9.17, 15) is 53.4 Å². The van der Waals surface area contributed by atoms with E-state index in [1.807, 2.05) is 26.0 Å². The van der Waals surface area contributed by atoms with E-state index in [2.05, 4.69) is 86.3 Å². The zero-order valence-corrected chi connectivity index (χ0v) is 77.0. The van der Waals surface area contributed by atoms with E-state index in [1.165, 1.54) is 86.8 Å². The molecule has 3 aromatic heterocycles. The number of H-pyrrole nitrogens is 3. The molecule has 9 rings (SSSR count). The van der Waals surface area contributed by atoms with Crippen LogP contribution in [0.15, 0.2) is 123 Å². The lowest BCUT2D eigenvalue weighted by Gasteiger charge is -2.36. The molecule has 3 saturated heterocycles. The molecule has 15 atom stereocenters. The molecular formula is C92H125N21O19S. The first kappa shape index (κ1) is 103. The first-order valence-corrected chi connectivity index (χ1v) is 45.9.